The van der Waals surface area contributed by atoms with E-state index in [0.717, 1.165) is 18.7 Å². The third-order valence-electron chi connectivity index (χ3n) is 3.46. The fraction of sp³-hybridized carbons (Fsp3) is 0.158. The summed E-state index contributed by atoms with van der Waals surface area (Å²) in [5, 5.41) is 0. The quantitative estimate of drug-likeness (QED) is 0.660. The average molecular weight is 277 g/mol. The van der Waals surface area contributed by atoms with Crippen molar-refractivity contribution in [3.63, 3.8) is 0 Å². The highest BCUT2D eigenvalue weighted by Crippen LogP contribution is 2.15. The van der Waals surface area contributed by atoms with Crippen molar-refractivity contribution in [1.29, 1.82) is 0 Å². The van der Waals surface area contributed by atoms with Gasteiger partial charge in [-0.1, -0.05) is 42.5 Å². The van der Waals surface area contributed by atoms with Crippen LogP contribution in [0, 0.1) is 0 Å². The molecule has 2 aromatic carbocycles. The van der Waals surface area contributed by atoms with Crippen LogP contribution >= 0.6 is 0 Å². The van der Waals surface area contributed by atoms with Gasteiger partial charge in [0.2, 0.25) is 0 Å². The van der Waals surface area contributed by atoms with Crippen LogP contribution in [-0.4, -0.2) is 11.2 Å². The zero-order valence-electron chi connectivity index (χ0n) is 12.0. The van der Waals surface area contributed by atoms with E-state index in [2.05, 4.69) is 41.0 Å². The molecule has 0 aliphatic rings. The smallest absolute Gasteiger partial charge is 0.119 e. The molecular formula is C19H19NO. The van der Waals surface area contributed by atoms with Crippen molar-refractivity contribution >= 4 is 0 Å². The molecule has 2 nitrogen and oxygen atoms in total. The molecular weight excluding hydrogens is 258 g/mol. The SMILES string of the molecule is c1ccc(Cc2ccc(OCCn3cccc3)cc2)cc1. The molecule has 0 saturated carbocycles. The molecule has 0 amide bonds. The van der Waals surface area contributed by atoms with E-state index >= 15 is 0 Å². The van der Waals surface area contributed by atoms with E-state index in [-0.39, 0.29) is 0 Å². The zero-order valence-corrected chi connectivity index (χ0v) is 12.0. The lowest BCUT2D eigenvalue weighted by Gasteiger charge is -2.08. The van der Waals surface area contributed by atoms with Crippen LogP contribution in [0.25, 0.3) is 0 Å². The third kappa shape index (κ3) is 3.99. The van der Waals surface area contributed by atoms with E-state index < -0.39 is 0 Å². The van der Waals surface area contributed by atoms with Gasteiger partial charge in [0.15, 0.2) is 0 Å². The summed E-state index contributed by atoms with van der Waals surface area (Å²) in [6.45, 7) is 1.56. The predicted molar refractivity (Wildman–Crippen MR) is 85.6 cm³/mol. The number of benzene rings is 2. The van der Waals surface area contributed by atoms with Crippen molar-refractivity contribution in [3.05, 3.63) is 90.3 Å². The molecule has 1 heterocycles. The lowest BCUT2D eigenvalue weighted by Crippen LogP contribution is -2.06. The van der Waals surface area contributed by atoms with E-state index in [0.29, 0.717) is 6.61 Å². The lowest BCUT2D eigenvalue weighted by atomic mass is 10.1. The summed E-state index contributed by atoms with van der Waals surface area (Å²) in [6, 6.07) is 22.9. The van der Waals surface area contributed by atoms with Crippen molar-refractivity contribution in [2.45, 2.75) is 13.0 Å². The van der Waals surface area contributed by atoms with Gasteiger partial charge >= 0.3 is 0 Å². The monoisotopic (exact) mass is 277 g/mol. The second-order valence-electron chi connectivity index (χ2n) is 5.08. The number of ether oxygens (including phenoxy) is 1. The standard InChI is InChI=1S/C19H19NO/c1-2-6-17(7-3-1)16-18-8-10-19(11-9-18)21-15-14-20-12-4-5-13-20/h1-13H,14-16H2. The van der Waals surface area contributed by atoms with Crippen LogP contribution in [-0.2, 0) is 13.0 Å². The van der Waals surface area contributed by atoms with Gasteiger partial charge < -0.3 is 9.30 Å². The molecule has 0 atom stereocenters. The molecule has 0 unspecified atom stereocenters. The van der Waals surface area contributed by atoms with Gasteiger partial charge in [-0.05, 0) is 41.8 Å². The highest BCUT2D eigenvalue weighted by molar-refractivity contribution is 5.31. The average Bonchev–Trinajstić information content (AvgIpc) is 3.03. The number of aromatic nitrogens is 1. The summed E-state index contributed by atoms with van der Waals surface area (Å²) < 4.78 is 7.88. The van der Waals surface area contributed by atoms with Crippen LogP contribution in [0.1, 0.15) is 11.1 Å². The first-order valence-corrected chi connectivity index (χ1v) is 7.26. The Hall–Kier alpha value is -2.48. The summed E-state index contributed by atoms with van der Waals surface area (Å²) in [5.74, 6) is 0.930. The molecule has 2 heteroatoms. The van der Waals surface area contributed by atoms with Crippen LogP contribution in [0.3, 0.4) is 0 Å². The Balaban J connectivity index is 1.52. The molecule has 0 bridgehead atoms. The Bertz CT molecular complexity index is 642. The highest BCUT2D eigenvalue weighted by atomic mass is 16.5. The Labute approximate surface area is 125 Å². The first kappa shape index (κ1) is 13.5. The molecule has 0 radical (unpaired) electrons. The number of hydrogen-bond donors (Lipinski definition) is 0. The molecule has 106 valence electrons. The maximum Gasteiger partial charge on any atom is 0.119 e. The topological polar surface area (TPSA) is 14.2 Å². The summed E-state index contributed by atoms with van der Waals surface area (Å²) in [5.41, 5.74) is 2.64. The van der Waals surface area contributed by atoms with E-state index in [9.17, 15) is 0 Å². The first-order valence-electron chi connectivity index (χ1n) is 7.26. The van der Waals surface area contributed by atoms with Crippen LogP contribution in [0.5, 0.6) is 5.75 Å². The van der Waals surface area contributed by atoms with Crippen LogP contribution in [0.15, 0.2) is 79.1 Å². The fourth-order valence-electron chi connectivity index (χ4n) is 2.32. The second-order valence-corrected chi connectivity index (χ2v) is 5.08. The van der Waals surface area contributed by atoms with Gasteiger partial charge in [0.1, 0.15) is 12.4 Å². The normalized spacial score (nSPS) is 10.5. The van der Waals surface area contributed by atoms with Crippen LogP contribution in [0.4, 0.5) is 0 Å². The van der Waals surface area contributed by atoms with Crippen molar-refractivity contribution in [1.82, 2.24) is 4.57 Å². The highest BCUT2D eigenvalue weighted by Gasteiger charge is 1.98. The zero-order chi connectivity index (χ0) is 14.3. The summed E-state index contributed by atoms with van der Waals surface area (Å²) >= 11 is 0. The van der Waals surface area contributed by atoms with Crippen molar-refractivity contribution in [2.75, 3.05) is 6.61 Å². The van der Waals surface area contributed by atoms with Gasteiger partial charge in [-0.25, -0.2) is 0 Å². The van der Waals surface area contributed by atoms with Gasteiger partial charge in [-0.2, -0.15) is 0 Å². The summed E-state index contributed by atoms with van der Waals surface area (Å²) in [7, 11) is 0. The molecule has 3 rings (SSSR count). The minimum absolute atomic E-state index is 0.687. The summed E-state index contributed by atoms with van der Waals surface area (Å²) in [6.07, 6.45) is 5.06. The van der Waals surface area contributed by atoms with Crippen molar-refractivity contribution in [2.24, 2.45) is 0 Å². The molecule has 0 fully saturated rings. The number of nitrogens with zero attached hydrogens (tertiary/aromatic N) is 1. The van der Waals surface area contributed by atoms with E-state index in [4.69, 9.17) is 4.74 Å². The van der Waals surface area contributed by atoms with Crippen LogP contribution in [0.2, 0.25) is 0 Å². The second kappa shape index (κ2) is 6.80. The van der Waals surface area contributed by atoms with Gasteiger partial charge in [0.05, 0.1) is 6.54 Å². The maximum atomic E-state index is 5.76. The first-order chi connectivity index (χ1) is 10.4. The number of rotatable bonds is 6. The fourth-order valence-corrected chi connectivity index (χ4v) is 2.32. The molecule has 0 N–H and O–H groups in total. The Morgan fingerprint density at radius 3 is 2.10 bits per heavy atom. The minimum Gasteiger partial charge on any atom is -0.492 e. The van der Waals surface area contributed by atoms with E-state index in [1.807, 2.05) is 42.7 Å². The largest absolute Gasteiger partial charge is 0.492 e. The lowest BCUT2D eigenvalue weighted by molar-refractivity contribution is 0.298. The van der Waals surface area contributed by atoms with Gasteiger partial charge in [0.25, 0.3) is 0 Å². The summed E-state index contributed by atoms with van der Waals surface area (Å²) in [4.78, 5) is 0. The number of hydrogen-bond acceptors (Lipinski definition) is 1. The van der Waals surface area contributed by atoms with E-state index in [1.165, 1.54) is 11.1 Å². The Morgan fingerprint density at radius 2 is 1.38 bits per heavy atom. The Morgan fingerprint density at radius 1 is 0.714 bits per heavy atom. The third-order valence-corrected chi connectivity index (χ3v) is 3.46. The molecule has 21 heavy (non-hydrogen) atoms. The Kier molecular flexibility index (Phi) is 4.37. The van der Waals surface area contributed by atoms with Crippen LogP contribution < -0.4 is 4.74 Å². The van der Waals surface area contributed by atoms with Gasteiger partial charge in [-0.15, -0.1) is 0 Å². The minimum atomic E-state index is 0.687. The molecule has 0 saturated heterocycles. The van der Waals surface area contributed by atoms with E-state index in [1.54, 1.807) is 0 Å². The molecule has 3 aromatic rings. The van der Waals surface area contributed by atoms with Crippen molar-refractivity contribution in [3.8, 4) is 5.75 Å². The maximum absolute atomic E-state index is 5.76. The van der Waals surface area contributed by atoms with Gasteiger partial charge in [-0.3, -0.25) is 0 Å². The molecule has 1 aromatic heterocycles. The molecule has 0 spiro atoms. The van der Waals surface area contributed by atoms with Crippen molar-refractivity contribution < 1.29 is 4.74 Å². The molecule has 0 aliphatic carbocycles. The molecule has 0 aliphatic heterocycles. The van der Waals surface area contributed by atoms with Gasteiger partial charge in [0, 0.05) is 12.4 Å². The predicted octanol–water partition coefficient (Wildman–Crippen LogP) is 4.16.